The molecule has 1 fully saturated rings. The number of rotatable bonds is 6. The van der Waals surface area contributed by atoms with Crippen LogP contribution in [0.25, 0.3) is 22.0 Å². The Morgan fingerprint density at radius 3 is 2.46 bits per heavy atom. The van der Waals surface area contributed by atoms with Gasteiger partial charge in [0.05, 0.1) is 25.4 Å². The number of nitrogens with zero attached hydrogens (tertiary/aromatic N) is 3. The minimum absolute atomic E-state index is 0.000791. The second-order valence-corrected chi connectivity index (χ2v) is 10.5. The predicted molar refractivity (Wildman–Crippen MR) is 146 cm³/mol. The number of carbonyl (C=O) groups excluding carboxylic acids is 3. The van der Waals surface area contributed by atoms with Gasteiger partial charge in [-0.25, -0.2) is 4.79 Å². The molecule has 6 rings (SSSR count). The zero-order valence-electron chi connectivity index (χ0n) is 22.2. The lowest BCUT2D eigenvalue weighted by molar-refractivity contribution is -0.124. The van der Waals surface area contributed by atoms with E-state index >= 15 is 0 Å². The molecule has 198 valence electrons. The summed E-state index contributed by atoms with van der Waals surface area (Å²) in [5.74, 6) is -0.106. The molecule has 9 heteroatoms. The Kier molecular flexibility index (Phi) is 5.67. The average Bonchev–Trinajstić information content (AvgIpc) is 3.58. The lowest BCUT2D eigenvalue weighted by Gasteiger charge is -2.31. The second-order valence-electron chi connectivity index (χ2n) is 10.5. The molecule has 0 spiro atoms. The minimum Gasteiger partial charge on any atom is -0.497 e. The molecule has 3 heterocycles. The topological polar surface area (TPSA) is 106 Å². The number of urea groups is 1. The second kappa shape index (κ2) is 8.97. The summed E-state index contributed by atoms with van der Waals surface area (Å²) in [5.41, 5.74) is 4.82. The Bertz CT molecular complexity index is 1660. The zero-order chi connectivity index (χ0) is 27.5. The molecule has 3 aromatic carbocycles. The van der Waals surface area contributed by atoms with Crippen LogP contribution >= 0.6 is 0 Å². The highest BCUT2D eigenvalue weighted by molar-refractivity contribution is 6.08. The molecule has 9 nitrogen and oxygen atoms in total. The van der Waals surface area contributed by atoms with Crippen molar-refractivity contribution in [3.8, 4) is 16.9 Å². The van der Waals surface area contributed by atoms with Crippen molar-refractivity contribution in [1.82, 2.24) is 25.3 Å². The van der Waals surface area contributed by atoms with Crippen molar-refractivity contribution in [3.63, 3.8) is 0 Å². The Labute approximate surface area is 225 Å². The monoisotopic (exact) mass is 523 g/mol. The van der Waals surface area contributed by atoms with Gasteiger partial charge in [0.2, 0.25) is 0 Å². The van der Waals surface area contributed by atoms with Crippen LogP contribution in [-0.4, -0.2) is 46.2 Å². The summed E-state index contributed by atoms with van der Waals surface area (Å²) in [6, 6.07) is 16.8. The van der Waals surface area contributed by atoms with Gasteiger partial charge in [0.15, 0.2) is 5.54 Å². The van der Waals surface area contributed by atoms with Crippen LogP contribution in [0.4, 0.5) is 4.79 Å². The third-order valence-electron chi connectivity index (χ3n) is 7.65. The zero-order valence-corrected chi connectivity index (χ0v) is 22.2. The summed E-state index contributed by atoms with van der Waals surface area (Å²) in [6.07, 6.45) is 1.88. The number of hydrogen-bond acceptors (Lipinski definition) is 5. The Morgan fingerprint density at radius 2 is 1.79 bits per heavy atom. The summed E-state index contributed by atoms with van der Waals surface area (Å²) in [4.78, 5) is 40.4. The number of aryl methyl sites for hydroxylation is 1. The van der Waals surface area contributed by atoms with E-state index in [1.54, 1.807) is 24.1 Å². The average molecular weight is 524 g/mol. The Hall–Kier alpha value is -4.66. The van der Waals surface area contributed by atoms with Crippen LogP contribution in [0.1, 0.15) is 46.9 Å². The van der Waals surface area contributed by atoms with Crippen LogP contribution in [0.5, 0.6) is 5.75 Å². The first-order valence-electron chi connectivity index (χ1n) is 12.9. The first kappa shape index (κ1) is 24.7. The minimum atomic E-state index is -1.41. The van der Waals surface area contributed by atoms with Crippen LogP contribution in [0, 0.1) is 6.92 Å². The highest BCUT2D eigenvalue weighted by Gasteiger charge is 2.50. The number of aromatic nitrogens is 2. The fourth-order valence-corrected chi connectivity index (χ4v) is 5.68. The molecular formula is C30H29N5O4. The van der Waals surface area contributed by atoms with Crippen molar-refractivity contribution >= 4 is 28.7 Å². The number of carbonyl (C=O) groups is 3. The van der Waals surface area contributed by atoms with Gasteiger partial charge in [-0.05, 0) is 72.9 Å². The number of imide groups is 1. The third-order valence-corrected chi connectivity index (χ3v) is 7.65. The van der Waals surface area contributed by atoms with E-state index in [4.69, 9.17) is 4.74 Å². The summed E-state index contributed by atoms with van der Waals surface area (Å²) < 4.78 is 7.29. The third kappa shape index (κ3) is 3.93. The quantitative estimate of drug-likeness (QED) is 0.367. The Morgan fingerprint density at radius 1 is 1.03 bits per heavy atom. The molecule has 1 atom stereocenters. The molecule has 0 bridgehead atoms. The fraction of sp³-hybridized carbons (Fsp3) is 0.267. The maximum atomic E-state index is 13.3. The summed E-state index contributed by atoms with van der Waals surface area (Å²) in [6.45, 7) is 6.63. The molecule has 2 N–H and O–H groups in total. The largest absolute Gasteiger partial charge is 0.497 e. The maximum absolute atomic E-state index is 13.3. The SMILES string of the molecule is COc1ccc2c(c1)C(=O)N(C[C@@]1(c3ccc(-c4cc(C)c5c(cnn5C(C)C)c4)cc3)NC(=O)NC1=O)C2. The van der Waals surface area contributed by atoms with E-state index in [0.717, 1.165) is 33.2 Å². The molecule has 0 aliphatic carbocycles. The van der Waals surface area contributed by atoms with E-state index in [-0.39, 0.29) is 18.5 Å². The van der Waals surface area contributed by atoms with Crippen LogP contribution in [0.3, 0.4) is 0 Å². The van der Waals surface area contributed by atoms with E-state index in [9.17, 15) is 14.4 Å². The van der Waals surface area contributed by atoms with Crippen molar-refractivity contribution < 1.29 is 19.1 Å². The molecule has 0 unspecified atom stereocenters. The van der Waals surface area contributed by atoms with Gasteiger partial charge in [0.1, 0.15) is 5.75 Å². The molecule has 4 amide bonds. The maximum Gasteiger partial charge on any atom is 0.322 e. The molecule has 39 heavy (non-hydrogen) atoms. The number of methoxy groups -OCH3 is 1. The number of ether oxygens (including phenoxy) is 1. The first-order chi connectivity index (χ1) is 18.7. The van der Waals surface area contributed by atoms with Gasteiger partial charge in [-0.1, -0.05) is 30.3 Å². The first-order valence-corrected chi connectivity index (χ1v) is 12.9. The van der Waals surface area contributed by atoms with Gasteiger partial charge in [-0.2, -0.15) is 5.10 Å². The predicted octanol–water partition coefficient (Wildman–Crippen LogP) is 4.29. The van der Waals surface area contributed by atoms with E-state index in [2.05, 4.69) is 48.6 Å². The number of benzene rings is 3. The van der Waals surface area contributed by atoms with Crippen molar-refractivity contribution in [2.45, 2.75) is 38.9 Å². The van der Waals surface area contributed by atoms with E-state index in [1.165, 1.54) is 0 Å². The summed E-state index contributed by atoms with van der Waals surface area (Å²) in [5, 5.41) is 10.8. The normalized spacial score (nSPS) is 18.6. The lowest BCUT2D eigenvalue weighted by atomic mass is 9.87. The van der Waals surface area contributed by atoms with Crippen LogP contribution < -0.4 is 15.4 Å². The molecule has 0 radical (unpaired) electrons. The highest BCUT2D eigenvalue weighted by atomic mass is 16.5. The van der Waals surface area contributed by atoms with E-state index in [1.807, 2.05) is 41.2 Å². The van der Waals surface area contributed by atoms with Crippen molar-refractivity contribution in [3.05, 3.63) is 83.0 Å². The lowest BCUT2D eigenvalue weighted by Crippen LogP contribution is -2.52. The number of hydrogen-bond donors (Lipinski definition) is 2. The van der Waals surface area contributed by atoms with Crippen molar-refractivity contribution in [2.75, 3.05) is 13.7 Å². The highest BCUT2D eigenvalue weighted by Crippen LogP contribution is 2.34. The van der Waals surface area contributed by atoms with Crippen LogP contribution in [-0.2, 0) is 16.9 Å². The molecule has 0 saturated carbocycles. The molecule has 1 saturated heterocycles. The molecular weight excluding hydrogens is 494 g/mol. The van der Waals surface area contributed by atoms with E-state index in [0.29, 0.717) is 23.4 Å². The van der Waals surface area contributed by atoms with Gasteiger partial charge in [0.25, 0.3) is 11.8 Å². The number of fused-ring (bicyclic) bond motifs is 2. The van der Waals surface area contributed by atoms with Crippen molar-refractivity contribution in [1.29, 1.82) is 0 Å². The fourth-order valence-electron chi connectivity index (χ4n) is 5.68. The van der Waals surface area contributed by atoms with Crippen molar-refractivity contribution in [2.24, 2.45) is 0 Å². The molecule has 2 aliphatic heterocycles. The summed E-state index contributed by atoms with van der Waals surface area (Å²) >= 11 is 0. The summed E-state index contributed by atoms with van der Waals surface area (Å²) in [7, 11) is 1.55. The van der Waals surface area contributed by atoms with Crippen LogP contribution in [0.15, 0.2) is 60.8 Å². The molecule has 2 aliphatic rings. The Balaban J connectivity index is 1.33. The standard InChI is InChI=1S/C30H29N5O4/c1-17(2)35-26-18(3)11-21(12-22(26)14-31-35)19-5-8-23(9-6-19)30(28(37)32-29(38)33-30)16-34-15-20-7-10-24(39-4)13-25(20)27(34)36/h5-14,17H,15-16H2,1-4H3,(H2,32,33,37,38)/t30-/m0/s1. The smallest absolute Gasteiger partial charge is 0.322 e. The molecule has 4 aromatic rings. The van der Waals surface area contributed by atoms with Gasteiger partial charge in [-0.3, -0.25) is 19.6 Å². The van der Waals surface area contributed by atoms with Gasteiger partial charge < -0.3 is 15.0 Å². The van der Waals surface area contributed by atoms with Gasteiger partial charge in [0, 0.05) is 23.5 Å². The van der Waals surface area contributed by atoms with E-state index < -0.39 is 17.5 Å². The van der Waals surface area contributed by atoms with Gasteiger partial charge in [-0.15, -0.1) is 0 Å². The van der Waals surface area contributed by atoms with Gasteiger partial charge >= 0.3 is 6.03 Å². The van der Waals surface area contributed by atoms with Crippen LogP contribution in [0.2, 0.25) is 0 Å². The molecule has 1 aromatic heterocycles. The number of nitrogens with one attached hydrogen (secondary N) is 2. The number of amides is 4.